The number of methoxy groups -OCH3 is 1. The molecule has 0 aliphatic heterocycles. The fourth-order valence-electron chi connectivity index (χ4n) is 3.35. The minimum Gasteiger partial charge on any atom is -0.493 e. The van der Waals surface area contributed by atoms with Crippen LogP contribution in [0.15, 0.2) is 30.0 Å². The van der Waals surface area contributed by atoms with Gasteiger partial charge in [0, 0.05) is 19.5 Å². The molecule has 1 aliphatic rings. The van der Waals surface area contributed by atoms with Crippen LogP contribution in [0, 0.1) is 0 Å². The van der Waals surface area contributed by atoms with E-state index >= 15 is 0 Å². The summed E-state index contributed by atoms with van der Waals surface area (Å²) >= 11 is 0. The molecule has 32 heavy (non-hydrogen) atoms. The molecule has 2 aromatic rings. The van der Waals surface area contributed by atoms with Crippen LogP contribution in [0.2, 0.25) is 0 Å². The number of allylic oxidation sites excluding steroid dienone is 1. The molecule has 8 nitrogen and oxygen atoms in total. The first-order chi connectivity index (χ1) is 15.0. The Morgan fingerprint density at radius 1 is 1.44 bits per heavy atom. The Hall–Kier alpha value is -2.94. The second kappa shape index (κ2) is 9.28. The van der Waals surface area contributed by atoms with Crippen molar-refractivity contribution in [2.45, 2.75) is 64.3 Å². The number of amides is 2. The summed E-state index contributed by atoms with van der Waals surface area (Å²) in [5.74, 6) is -0.477. The van der Waals surface area contributed by atoms with Crippen LogP contribution in [0.5, 0.6) is 5.75 Å². The van der Waals surface area contributed by atoms with Gasteiger partial charge in [-0.3, -0.25) is 9.59 Å². The Morgan fingerprint density at radius 3 is 2.69 bits per heavy atom. The Kier molecular flexibility index (Phi) is 6.88. The normalized spacial score (nSPS) is 15.5. The molecular formula is C23H31FN4O4. The fourth-order valence-corrected chi connectivity index (χ4v) is 3.35. The highest BCUT2D eigenvalue weighted by Gasteiger charge is 2.33. The van der Waals surface area contributed by atoms with Gasteiger partial charge in [-0.15, -0.1) is 0 Å². The summed E-state index contributed by atoms with van der Waals surface area (Å²) in [6, 6.07) is 3.53. The van der Waals surface area contributed by atoms with Gasteiger partial charge in [-0.25, -0.2) is 8.91 Å². The van der Waals surface area contributed by atoms with Gasteiger partial charge in [0.2, 0.25) is 0 Å². The number of alkyl halides is 1. The number of anilines is 1. The van der Waals surface area contributed by atoms with Gasteiger partial charge in [0.05, 0.1) is 35.8 Å². The zero-order valence-corrected chi connectivity index (χ0v) is 19.2. The lowest BCUT2D eigenvalue weighted by molar-refractivity contribution is -0.128. The lowest BCUT2D eigenvalue weighted by atomic mass is 9.99. The number of carbonyl (C=O) groups excluding carboxylic acids is 2. The van der Waals surface area contributed by atoms with E-state index in [0.29, 0.717) is 29.1 Å². The van der Waals surface area contributed by atoms with Crippen LogP contribution in [0.3, 0.4) is 0 Å². The standard InChI is InChI=1S/C23H31FN4O4/c1-6-7-17(22(30)27(4)15-8-9-15)21(29)25-18-12-16-10-14(11-20(24)23(2,3)31)26-28(16)13-19(18)32-5/h7,10,12-13,15,20,31H,6,8-9,11H2,1-5H3,(H,25,29)/b17-7-. The van der Waals surface area contributed by atoms with Crippen LogP contribution < -0.4 is 10.1 Å². The molecule has 2 heterocycles. The number of aliphatic hydroxyl groups is 1. The van der Waals surface area contributed by atoms with Crippen molar-refractivity contribution in [3.05, 3.63) is 35.7 Å². The molecule has 0 aromatic carbocycles. The second-order valence-electron chi connectivity index (χ2n) is 8.71. The van der Waals surface area contributed by atoms with Crippen LogP contribution >= 0.6 is 0 Å². The molecule has 2 amide bonds. The van der Waals surface area contributed by atoms with Crippen LogP contribution in [0.25, 0.3) is 5.52 Å². The monoisotopic (exact) mass is 446 g/mol. The van der Waals surface area contributed by atoms with E-state index < -0.39 is 17.7 Å². The number of hydrogen-bond donors (Lipinski definition) is 2. The van der Waals surface area contributed by atoms with E-state index in [1.54, 1.807) is 36.4 Å². The van der Waals surface area contributed by atoms with Crippen molar-refractivity contribution in [3.63, 3.8) is 0 Å². The molecule has 1 atom stereocenters. The number of ether oxygens (including phenoxy) is 1. The summed E-state index contributed by atoms with van der Waals surface area (Å²) in [4.78, 5) is 27.4. The Bertz CT molecular complexity index is 1040. The van der Waals surface area contributed by atoms with Gasteiger partial charge in [-0.2, -0.15) is 5.10 Å². The summed E-state index contributed by atoms with van der Waals surface area (Å²) < 4.78 is 21.2. The molecule has 1 unspecified atom stereocenters. The highest BCUT2D eigenvalue weighted by Crippen LogP contribution is 2.29. The third-order valence-corrected chi connectivity index (χ3v) is 5.53. The van der Waals surface area contributed by atoms with E-state index in [0.717, 1.165) is 12.8 Å². The van der Waals surface area contributed by atoms with E-state index in [2.05, 4.69) is 10.4 Å². The van der Waals surface area contributed by atoms with Crippen molar-refractivity contribution in [2.24, 2.45) is 0 Å². The van der Waals surface area contributed by atoms with Gasteiger partial charge < -0.3 is 20.1 Å². The molecule has 0 bridgehead atoms. The van der Waals surface area contributed by atoms with Gasteiger partial charge in [-0.05, 0) is 45.2 Å². The lowest BCUT2D eigenvalue weighted by Crippen LogP contribution is -2.34. The third-order valence-electron chi connectivity index (χ3n) is 5.53. The van der Waals surface area contributed by atoms with Crippen molar-refractivity contribution in [1.29, 1.82) is 0 Å². The summed E-state index contributed by atoms with van der Waals surface area (Å²) in [6.45, 7) is 4.69. The van der Waals surface area contributed by atoms with Gasteiger partial charge >= 0.3 is 0 Å². The number of hydrogen-bond acceptors (Lipinski definition) is 5. The minimum absolute atomic E-state index is 0.0550. The van der Waals surface area contributed by atoms with Crippen molar-refractivity contribution >= 4 is 23.0 Å². The topological polar surface area (TPSA) is 96.2 Å². The van der Waals surface area contributed by atoms with Crippen LogP contribution in [0.1, 0.15) is 45.7 Å². The number of pyridine rings is 1. The molecule has 3 rings (SSSR count). The highest BCUT2D eigenvalue weighted by atomic mass is 19.1. The molecule has 1 fully saturated rings. The molecule has 0 radical (unpaired) electrons. The Labute approximate surface area is 187 Å². The molecule has 0 spiro atoms. The van der Waals surface area contributed by atoms with E-state index in [9.17, 15) is 19.1 Å². The molecule has 2 N–H and O–H groups in total. The predicted octanol–water partition coefficient (Wildman–Crippen LogP) is 2.89. The Balaban J connectivity index is 1.85. The molecule has 1 aliphatic carbocycles. The average Bonchev–Trinajstić information content (AvgIpc) is 3.50. The number of halogens is 1. The maximum atomic E-state index is 14.3. The van der Waals surface area contributed by atoms with Gasteiger partial charge in [0.1, 0.15) is 11.7 Å². The first kappa shape index (κ1) is 23.7. The number of rotatable bonds is 9. The highest BCUT2D eigenvalue weighted by molar-refractivity contribution is 6.23. The van der Waals surface area contributed by atoms with E-state index in [1.807, 2.05) is 6.92 Å². The number of nitrogens with one attached hydrogen (secondary N) is 1. The molecule has 174 valence electrons. The largest absolute Gasteiger partial charge is 0.493 e. The zero-order valence-electron chi connectivity index (χ0n) is 19.2. The van der Waals surface area contributed by atoms with Crippen LogP contribution in [0.4, 0.5) is 10.1 Å². The molecule has 9 heteroatoms. The van der Waals surface area contributed by atoms with E-state index in [4.69, 9.17) is 4.74 Å². The second-order valence-corrected chi connectivity index (χ2v) is 8.71. The minimum atomic E-state index is -1.48. The first-order valence-electron chi connectivity index (χ1n) is 10.8. The molecule has 0 saturated heterocycles. The lowest BCUT2D eigenvalue weighted by Gasteiger charge is -2.21. The summed E-state index contributed by atoms with van der Waals surface area (Å²) in [7, 11) is 3.17. The summed E-state index contributed by atoms with van der Waals surface area (Å²) in [6.07, 6.45) is 4.10. The van der Waals surface area contributed by atoms with Gasteiger partial charge in [0.15, 0.2) is 5.75 Å². The maximum absolute atomic E-state index is 14.3. The summed E-state index contributed by atoms with van der Waals surface area (Å²) in [5.41, 5.74) is 0.0527. The quantitative estimate of drug-likeness (QED) is 0.351. The van der Waals surface area contributed by atoms with Crippen molar-refractivity contribution < 1.29 is 23.8 Å². The third kappa shape index (κ3) is 5.27. The molecule has 2 aromatic heterocycles. The number of nitrogens with zero attached hydrogens (tertiary/aromatic N) is 3. The van der Waals surface area contributed by atoms with Crippen molar-refractivity contribution in [1.82, 2.24) is 14.5 Å². The van der Waals surface area contributed by atoms with Crippen molar-refractivity contribution in [2.75, 3.05) is 19.5 Å². The van der Waals surface area contributed by atoms with Gasteiger partial charge in [0.25, 0.3) is 11.8 Å². The van der Waals surface area contributed by atoms with Crippen LogP contribution in [-0.2, 0) is 16.0 Å². The van der Waals surface area contributed by atoms with Crippen LogP contribution in [-0.4, -0.2) is 63.4 Å². The molecular weight excluding hydrogens is 415 g/mol. The smallest absolute Gasteiger partial charge is 0.261 e. The SMILES string of the molecule is CC/C=C(/C(=O)Nc1cc2cc(CC(F)C(C)(C)O)nn2cc1OC)C(=O)N(C)C1CC1. The Morgan fingerprint density at radius 2 is 2.12 bits per heavy atom. The predicted molar refractivity (Wildman–Crippen MR) is 119 cm³/mol. The van der Waals surface area contributed by atoms with Crippen molar-refractivity contribution in [3.8, 4) is 5.75 Å². The van der Waals surface area contributed by atoms with Gasteiger partial charge in [-0.1, -0.05) is 13.0 Å². The van der Waals surface area contributed by atoms with E-state index in [-0.39, 0.29) is 23.9 Å². The number of likely N-dealkylation sites (N-methyl/N-ethyl adjacent to an activating group) is 1. The number of aromatic nitrogens is 2. The fraction of sp³-hybridized carbons (Fsp3) is 0.522. The summed E-state index contributed by atoms with van der Waals surface area (Å²) in [5, 5.41) is 17.0. The number of carbonyl (C=O) groups is 2. The zero-order chi connectivity index (χ0) is 23.6. The average molecular weight is 447 g/mol. The molecule has 1 saturated carbocycles. The first-order valence-corrected chi connectivity index (χ1v) is 10.8. The van der Waals surface area contributed by atoms with E-state index in [1.165, 1.54) is 25.5 Å². The maximum Gasteiger partial charge on any atom is 0.261 e. The number of fused-ring (bicyclic) bond motifs is 1.